The fourth-order valence-electron chi connectivity index (χ4n) is 1.50. The van der Waals surface area contributed by atoms with E-state index < -0.39 is 0 Å². The number of hydrogen-bond acceptors (Lipinski definition) is 4. The van der Waals surface area contributed by atoms with Crippen molar-refractivity contribution in [3.05, 3.63) is 34.1 Å². The molecule has 0 saturated heterocycles. The third-order valence-corrected chi connectivity index (χ3v) is 3.08. The molecule has 0 saturated carbocycles. The average molecular weight is 296 g/mol. The van der Waals surface area contributed by atoms with Gasteiger partial charge in [0.15, 0.2) is 0 Å². The van der Waals surface area contributed by atoms with Gasteiger partial charge < -0.3 is 9.84 Å². The number of nitrogens with zero attached hydrogens (tertiary/aromatic N) is 2. The van der Waals surface area contributed by atoms with E-state index in [4.69, 9.17) is 4.52 Å². The van der Waals surface area contributed by atoms with Crippen LogP contribution in [-0.2, 0) is 6.42 Å². The lowest BCUT2D eigenvalue weighted by Crippen LogP contribution is -2.10. The first-order valence-corrected chi connectivity index (χ1v) is 6.23. The molecule has 2 aromatic rings. The average Bonchev–Trinajstić information content (AvgIpc) is 2.75. The van der Waals surface area contributed by atoms with Crippen molar-refractivity contribution in [2.24, 2.45) is 0 Å². The molecule has 0 radical (unpaired) electrons. The second-order valence-corrected chi connectivity index (χ2v) is 4.70. The first-order valence-electron chi connectivity index (χ1n) is 5.44. The van der Waals surface area contributed by atoms with Gasteiger partial charge in [0.05, 0.1) is 0 Å². The largest absolute Gasteiger partial charge is 0.339 e. The standard InChI is InChI=1S/C12H14BrN3O/c1-8-3-4-9(10(13)7-8)12-15-11(17-16-12)5-6-14-2/h3-4,7,14H,5-6H2,1-2H3. The summed E-state index contributed by atoms with van der Waals surface area (Å²) in [7, 11) is 1.90. The van der Waals surface area contributed by atoms with Crippen LogP contribution < -0.4 is 5.32 Å². The first kappa shape index (κ1) is 12.3. The van der Waals surface area contributed by atoms with E-state index in [1.807, 2.05) is 32.2 Å². The minimum absolute atomic E-state index is 0.628. The van der Waals surface area contributed by atoms with Crippen molar-refractivity contribution in [1.82, 2.24) is 15.5 Å². The smallest absolute Gasteiger partial charge is 0.228 e. The molecule has 0 aliphatic rings. The quantitative estimate of drug-likeness (QED) is 0.942. The SMILES string of the molecule is CNCCc1nc(-c2ccc(C)cc2Br)no1. The van der Waals surface area contributed by atoms with Crippen molar-refractivity contribution >= 4 is 15.9 Å². The van der Waals surface area contributed by atoms with Gasteiger partial charge in [0, 0.05) is 23.0 Å². The van der Waals surface area contributed by atoms with Gasteiger partial charge in [0.1, 0.15) is 0 Å². The molecule has 0 amide bonds. The molecule has 5 heteroatoms. The van der Waals surface area contributed by atoms with E-state index >= 15 is 0 Å². The molecule has 0 aliphatic heterocycles. The van der Waals surface area contributed by atoms with Gasteiger partial charge in [0.2, 0.25) is 11.7 Å². The van der Waals surface area contributed by atoms with Crippen LogP contribution in [-0.4, -0.2) is 23.7 Å². The highest BCUT2D eigenvalue weighted by molar-refractivity contribution is 9.10. The summed E-state index contributed by atoms with van der Waals surface area (Å²) in [4.78, 5) is 4.36. The molecule has 4 nitrogen and oxygen atoms in total. The fourth-order valence-corrected chi connectivity index (χ4v) is 2.17. The number of likely N-dealkylation sites (N-methyl/N-ethyl adjacent to an activating group) is 1. The van der Waals surface area contributed by atoms with Gasteiger partial charge in [-0.1, -0.05) is 27.2 Å². The highest BCUT2D eigenvalue weighted by Gasteiger charge is 2.11. The fraction of sp³-hybridized carbons (Fsp3) is 0.333. The van der Waals surface area contributed by atoms with Gasteiger partial charge in [-0.05, 0) is 31.7 Å². The molecule has 0 spiro atoms. The Kier molecular flexibility index (Phi) is 3.91. The second-order valence-electron chi connectivity index (χ2n) is 3.85. The van der Waals surface area contributed by atoms with Crippen LogP contribution in [0, 0.1) is 6.92 Å². The Hall–Kier alpha value is -1.20. The van der Waals surface area contributed by atoms with Crippen molar-refractivity contribution in [3.8, 4) is 11.4 Å². The molecule has 0 bridgehead atoms. The lowest BCUT2D eigenvalue weighted by atomic mass is 10.1. The predicted octanol–water partition coefficient (Wildman–Crippen LogP) is 2.57. The molecule has 1 aromatic heterocycles. The zero-order chi connectivity index (χ0) is 12.3. The molecule has 1 N–H and O–H groups in total. The third-order valence-electron chi connectivity index (χ3n) is 2.42. The Balaban J connectivity index is 2.24. The molecule has 0 atom stereocenters. The van der Waals surface area contributed by atoms with Crippen LogP contribution in [0.4, 0.5) is 0 Å². The molecular formula is C12H14BrN3O. The Labute approximate surface area is 109 Å². The van der Waals surface area contributed by atoms with E-state index in [-0.39, 0.29) is 0 Å². The van der Waals surface area contributed by atoms with Gasteiger partial charge >= 0.3 is 0 Å². The zero-order valence-electron chi connectivity index (χ0n) is 9.83. The van der Waals surface area contributed by atoms with Crippen molar-refractivity contribution in [2.75, 3.05) is 13.6 Å². The Morgan fingerprint density at radius 3 is 2.94 bits per heavy atom. The lowest BCUT2D eigenvalue weighted by Gasteiger charge is -1.99. The maximum atomic E-state index is 5.18. The summed E-state index contributed by atoms with van der Waals surface area (Å²) in [6.07, 6.45) is 0.743. The lowest BCUT2D eigenvalue weighted by molar-refractivity contribution is 0.377. The first-order chi connectivity index (χ1) is 8.20. The van der Waals surface area contributed by atoms with Crippen LogP contribution in [0.1, 0.15) is 11.5 Å². The van der Waals surface area contributed by atoms with Crippen LogP contribution in [0.15, 0.2) is 27.2 Å². The van der Waals surface area contributed by atoms with E-state index in [1.54, 1.807) is 0 Å². The van der Waals surface area contributed by atoms with E-state index in [2.05, 4.69) is 31.4 Å². The minimum atomic E-state index is 0.628. The van der Waals surface area contributed by atoms with Crippen LogP contribution in [0.25, 0.3) is 11.4 Å². The van der Waals surface area contributed by atoms with Crippen molar-refractivity contribution in [1.29, 1.82) is 0 Å². The summed E-state index contributed by atoms with van der Waals surface area (Å²) < 4.78 is 6.17. The summed E-state index contributed by atoms with van der Waals surface area (Å²) in [5, 5.41) is 7.03. The number of aryl methyl sites for hydroxylation is 1. The third kappa shape index (κ3) is 2.92. The van der Waals surface area contributed by atoms with Crippen LogP contribution in [0.2, 0.25) is 0 Å². The topological polar surface area (TPSA) is 51.0 Å². The molecule has 90 valence electrons. The van der Waals surface area contributed by atoms with E-state index in [0.717, 1.165) is 23.0 Å². The summed E-state index contributed by atoms with van der Waals surface area (Å²) in [5.74, 6) is 1.28. The normalized spacial score (nSPS) is 10.8. The molecule has 1 heterocycles. The molecule has 0 aliphatic carbocycles. The number of nitrogens with one attached hydrogen (secondary N) is 1. The van der Waals surface area contributed by atoms with Gasteiger partial charge in [-0.15, -0.1) is 0 Å². The number of aromatic nitrogens is 2. The Morgan fingerprint density at radius 2 is 2.24 bits per heavy atom. The van der Waals surface area contributed by atoms with E-state index in [1.165, 1.54) is 5.56 Å². The molecule has 1 aromatic carbocycles. The minimum Gasteiger partial charge on any atom is -0.339 e. The van der Waals surface area contributed by atoms with Crippen LogP contribution >= 0.6 is 15.9 Å². The summed E-state index contributed by atoms with van der Waals surface area (Å²) >= 11 is 3.51. The van der Waals surface area contributed by atoms with Crippen molar-refractivity contribution in [2.45, 2.75) is 13.3 Å². The van der Waals surface area contributed by atoms with Gasteiger partial charge in [0.25, 0.3) is 0 Å². The number of rotatable bonds is 4. The van der Waals surface area contributed by atoms with Crippen molar-refractivity contribution in [3.63, 3.8) is 0 Å². The highest BCUT2D eigenvalue weighted by Crippen LogP contribution is 2.26. The zero-order valence-corrected chi connectivity index (χ0v) is 11.4. The van der Waals surface area contributed by atoms with E-state index in [9.17, 15) is 0 Å². The maximum absolute atomic E-state index is 5.18. The molecule has 17 heavy (non-hydrogen) atoms. The summed E-state index contributed by atoms with van der Waals surface area (Å²) in [5.41, 5.74) is 2.15. The molecule has 2 rings (SSSR count). The summed E-state index contributed by atoms with van der Waals surface area (Å²) in [6.45, 7) is 2.87. The molecular weight excluding hydrogens is 282 g/mol. The van der Waals surface area contributed by atoms with Gasteiger partial charge in [-0.2, -0.15) is 4.98 Å². The van der Waals surface area contributed by atoms with E-state index in [0.29, 0.717) is 11.7 Å². The number of hydrogen-bond donors (Lipinski definition) is 1. The van der Waals surface area contributed by atoms with Gasteiger partial charge in [-0.3, -0.25) is 0 Å². The Morgan fingerprint density at radius 1 is 1.41 bits per heavy atom. The second kappa shape index (κ2) is 5.42. The van der Waals surface area contributed by atoms with Gasteiger partial charge in [-0.25, -0.2) is 0 Å². The van der Waals surface area contributed by atoms with Crippen LogP contribution in [0.5, 0.6) is 0 Å². The van der Waals surface area contributed by atoms with Crippen LogP contribution in [0.3, 0.4) is 0 Å². The summed E-state index contributed by atoms with van der Waals surface area (Å²) in [6, 6.07) is 6.06. The number of halogens is 1. The van der Waals surface area contributed by atoms with Crippen molar-refractivity contribution < 1.29 is 4.52 Å². The Bertz CT molecular complexity index is 510. The molecule has 0 unspecified atom stereocenters. The monoisotopic (exact) mass is 295 g/mol. The predicted molar refractivity (Wildman–Crippen MR) is 69.8 cm³/mol. The maximum Gasteiger partial charge on any atom is 0.228 e. The number of benzene rings is 1. The highest BCUT2D eigenvalue weighted by atomic mass is 79.9. The molecule has 0 fully saturated rings.